The molecule has 1 aliphatic heterocycles. The molecule has 0 bridgehead atoms. The molecule has 17 heavy (non-hydrogen) atoms. The van der Waals surface area contributed by atoms with Gasteiger partial charge in [0, 0.05) is 25.2 Å². The van der Waals surface area contributed by atoms with E-state index >= 15 is 0 Å². The molecule has 90 valence electrons. The molecule has 0 aliphatic carbocycles. The smallest absolute Gasteiger partial charge is 0.227 e. The summed E-state index contributed by atoms with van der Waals surface area (Å²) in [6.45, 7) is 4.21. The van der Waals surface area contributed by atoms with E-state index in [4.69, 9.17) is 12.6 Å². The van der Waals surface area contributed by atoms with Crippen LogP contribution in [0.3, 0.4) is 0 Å². The molecule has 1 aromatic rings. The van der Waals surface area contributed by atoms with Crippen LogP contribution in [-0.2, 0) is 6.42 Å². The number of hydrogen-bond acceptors (Lipinski definition) is 3. The van der Waals surface area contributed by atoms with E-state index < -0.39 is 0 Å². The van der Waals surface area contributed by atoms with Crippen LogP contribution in [0.5, 0.6) is 5.88 Å². The van der Waals surface area contributed by atoms with Crippen LogP contribution >= 0.6 is 15.9 Å². The number of halogens is 1. The van der Waals surface area contributed by atoms with Crippen molar-refractivity contribution >= 4 is 29.2 Å². The van der Waals surface area contributed by atoms with Crippen molar-refractivity contribution in [2.45, 2.75) is 19.3 Å². The Morgan fingerprint density at radius 3 is 2.88 bits per heavy atom. The SMILES string of the molecule is [B]c1c(Br)c(OC)nc2c1C(C)CN(C)CC2. The summed E-state index contributed by atoms with van der Waals surface area (Å²) in [5.41, 5.74) is 3.01. The maximum atomic E-state index is 6.20. The number of hydrogen-bond donors (Lipinski definition) is 0. The van der Waals surface area contributed by atoms with Crippen molar-refractivity contribution in [1.82, 2.24) is 9.88 Å². The topological polar surface area (TPSA) is 25.4 Å². The van der Waals surface area contributed by atoms with Crippen molar-refractivity contribution < 1.29 is 4.74 Å². The van der Waals surface area contributed by atoms with Crippen LogP contribution in [0.15, 0.2) is 4.47 Å². The lowest BCUT2D eigenvalue weighted by Crippen LogP contribution is -2.24. The molecule has 0 saturated heterocycles. The van der Waals surface area contributed by atoms with Crippen LogP contribution in [0, 0.1) is 0 Å². The Labute approximate surface area is 112 Å². The molecule has 1 atom stereocenters. The summed E-state index contributed by atoms with van der Waals surface area (Å²) < 4.78 is 6.02. The summed E-state index contributed by atoms with van der Waals surface area (Å²) in [6.07, 6.45) is 0.921. The number of ether oxygens (including phenoxy) is 1. The fraction of sp³-hybridized carbons (Fsp3) is 0.583. The van der Waals surface area contributed by atoms with Crippen molar-refractivity contribution in [1.29, 1.82) is 0 Å². The van der Waals surface area contributed by atoms with Crippen LogP contribution in [0.2, 0.25) is 0 Å². The van der Waals surface area contributed by atoms with E-state index in [1.54, 1.807) is 7.11 Å². The van der Waals surface area contributed by atoms with E-state index in [-0.39, 0.29) is 0 Å². The average molecular weight is 295 g/mol. The van der Waals surface area contributed by atoms with E-state index in [9.17, 15) is 0 Å². The van der Waals surface area contributed by atoms with E-state index in [0.717, 1.165) is 35.1 Å². The molecule has 5 heteroatoms. The minimum absolute atomic E-state index is 0.396. The first-order valence-electron chi connectivity index (χ1n) is 5.74. The van der Waals surface area contributed by atoms with Gasteiger partial charge in [-0.2, -0.15) is 0 Å². The quantitative estimate of drug-likeness (QED) is 0.729. The Bertz CT molecular complexity index is 439. The van der Waals surface area contributed by atoms with Crippen LogP contribution in [0.1, 0.15) is 24.1 Å². The van der Waals surface area contributed by atoms with Crippen LogP contribution < -0.4 is 10.2 Å². The van der Waals surface area contributed by atoms with Crippen LogP contribution in [-0.4, -0.2) is 45.0 Å². The minimum atomic E-state index is 0.396. The molecule has 1 aromatic heterocycles. The zero-order valence-corrected chi connectivity index (χ0v) is 12.0. The molecule has 2 radical (unpaired) electrons. The average Bonchev–Trinajstić information content (AvgIpc) is 2.43. The Hall–Kier alpha value is -0.545. The van der Waals surface area contributed by atoms with Gasteiger partial charge in [0.1, 0.15) is 7.85 Å². The van der Waals surface area contributed by atoms with Crippen molar-refractivity contribution in [3.8, 4) is 5.88 Å². The molecule has 0 amide bonds. The molecular weight excluding hydrogens is 279 g/mol. The van der Waals surface area contributed by atoms with Gasteiger partial charge in [-0.3, -0.25) is 0 Å². The van der Waals surface area contributed by atoms with Crippen molar-refractivity contribution in [2.75, 3.05) is 27.2 Å². The van der Waals surface area contributed by atoms with E-state index in [1.165, 1.54) is 5.56 Å². The summed E-state index contributed by atoms with van der Waals surface area (Å²) in [6, 6.07) is 0. The lowest BCUT2D eigenvalue weighted by atomic mass is 9.84. The lowest BCUT2D eigenvalue weighted by Gasteiger charge is -2.20. The molecule has 0 spiro atoms. The molecule has 0 fully saturated rings. The fourth-order valence-electron chi connectivity index (χ4n) is 2.44. The highest BCUT2D eigenvalue weighted by Crippen LogP contribution is 2.29. The summed E-state index contributed by atoms with van der Waals surface area (Å²) in [5.74, 6) is 0.977. The third-order valence-corrected chi connectivity index (χ3v) is 4.03. The normalized spacial score (nSPS) is 20.8. The van der Waals surface area contributed by atoms with E-state index in [2.05, 4.69) is 39.8 Å². The molecule has 1 aliphatic rings. The highest BCUT2D eigenvalue weighted by atomic mass is 79.9. The largest absolute Gasteiger partial charge is 0.480 e. The van der Waals surface area contributed by atoms with Crippen LogP contribution in [0.4, 0.5) is 0 Å². The van der Waals surface area contributed by atoms with Gasteiger partial charge < -0.3 is 9.64 Å². The summed E-state index contributed by atoms with van der Waals surface area (Å²) in [7, 11) is 9.95. The second kappa shape index (κ2) is 4.98. The predicted octanol–water partition coefficient (Wildman–Crippen LogP) is 1.24. The van der Waals surface area contributed by atoms with Gasteiger partial charge in [-0.1, -0.05) is 12.4 Å². The number of pyridine rings is 1. The zero-order valence-electron chi connectivity index (χ0n) is 10.5. The predicted molar refractivity (Wildman–Crippen MR) is 73.5 cm³/mol. The van der Waals surface area contributed by atoms with Gasteiger partial charge in [-0.15, -0.1) is 0 Å². The maximum Gasteiger partial charge on any atom is 0.227 e. The second-order valence-corrected chi connectivity index (χ2v) is 5.42. The van der Waals surface area contributed by atoms with Gasteiger partial charge >= 0.3 is 0 Å². The Morgan fingerprint density at radius 1 is 1.53 bits per heavy atom. The highest BCUT2D eigenvalue weighted by Gasteiger charge is 2.23. The third-order valence-electron chi connectivity index (χ3n) is 3.26. The number of nitrogens with zero attached hydrogens (tertiary/aromatic N) is 2. The third kappa shape index (κ3) is 2.36. The molecule has 0 N–H and O–H groups in total. The number of methoxy groups -OCH3 is 1. The fourth-order valence-corrected chi connectivity index (χ4v) is 2.91. The second-order valence-electron chi connectivity index (χ2n) is 4.62. The highest BCUT2D eigenvalue weighted by molar-refractivity contribution is 9.10. The Balaban J connectivity index is 2.55. The standard InChI is InChI=1S/C12H16BBrN2O/c1-7-6-16(2)5-4-8-9(7)10(13)11(14)12(15-8)17-3/h7H,4-6H2,1-3H3. The molecule has 2 heterocycles. The van der Waals surface area contributed by atoms with Gasteiger partial charge in [0.15, 0.2) is 0 Å². The van der Waals surface area contributed by atoms with Crippen LogP contribution in [0.25, 0.3) is 0 Å². The molecule has 1 unspecified atom stereocenters. The first-order chi connectivity index (χ1) is 8.04. The van der Waals surface area contributed by atoms with Gasteiger partial charge in [0.05, 0.1) is 11.6 Å². The summed E-state index contributed by atoms with van der Waals surface area (Å²) in [4.78, 5) is 6.87. The molecule has 0 aromatic carbocycles. The van der Waals surface area contributed by atoms with E-state index in [0.29, 0.717) is 11.8 Å². The number of likely N-dealkylation sites (N-methyl/N-ethyl adjacent to an activating group) is 1. The number of rotatable bonds is 1. The van der Waals surface area contributed by atoms with Gasteiger partial charge in [-0.25, -0.2) is 4.98 Å². The van der Waals surface area contributed by atoms with Crippen molar-refractivity contribution in [3.63, 3.8) is 0 Å². The first kappa shape index (κ1) is 12.9. The van der Waals surface area contributed by atoms with Gasteiger partial charge in [0.2, 0.25) is 5.88 Å². The van der Waals surface area contributed by atoms with E-state index in [1.807, 2.05) is 0 Å². The molecule has 3 nitrogen and oxygen atoms in total. The minimum Gasteiger partial charge on any atom is -0.480 e. The van der Waals surface area contributed by atoms with Gasteiger partial charge in [-0.05, 0) is 34.5 Å². The van der Waals surface area contributed by atoms with Gasteiger partial charge in [0.25, 0.3) is 0 Å². The zero-order chi connectivity index (χ0) is 12.6. The maximum absolute atomic E-state index is 6.20. The molecule has 0 saturated carbocycles. The summed E-state index contributed by atoms with van der Waals surface area (Å²) in [5, 5.41) is 0. The number of aromatic nitrogens is 1. The lowest BCUT2D eigenvalue weighted by molar-refractivity contribution is 0.331. The first-order valence-corrected chi connectivity index (χ1v) is 6.54. The monoisotopic (exact) mass is 294 g/mol. The Morgan fingerprint density at radius 2 is 2.24 bits per heavy atom. The Kier molecular flexibility index (Phi) is 3.78. The molecule has 2 rings (SSSR count). The molecular formula is C12H16BBrN2O. The number of fused-ring (bicyclic) bond motifs is 1. The summed E-state index contributed by atoms with van der Waals surface area (Å²) >= 11 is 3.46. The van der Waals surface area contributed by atoms with Crippen molar-refractivity contribution in [3.05, 3.63) is 15.7 Å². The van der Waals surface area contributed by atoms with Crippen molar-refractivity contribution in [2.24, 2.45) is 0 Å².